The van der Waals surface area contributed by atoms with Crippen molar-refractivity contribution in [3.63, 3.8) is 0 Å². The predicted molar refractivity (Wildman–Crippen MR) is 118 cm³/mol. The molecule has 160 valence electrons. The van der Waals surface area contributed by atoms with E-state index in [-0.39, 0.29) is 11.7 Å². The van der Waals surface area contributed by atoms with Gasteiger partial charge in [-0.15, -0.1) is 0 Å². The van der Waals surface area contributed by atoms with Gasteiger partial charge in [0.2, 0.25) is 5.12 Å². The first-order chi connectivity index (χ1) is 13.7. The summed E-state index contributed by atoms with van der Waals surface area (Å²) in [6.45, 7) is 8.28. The maximum atomic E-state index is 12.0. The van der Waals surface area contributed by atoms with E-state index < -0.39 is 8.80 Å². The molecule has 0 bridgehead atoms. The second kappa shape index (κ2) is 16.0. The highest BCUT2D eigenvalue weighted by Crippen LogP contribution is 2.21. The monoisotopic (exact) mass is 428 g/mol. The summed E-state index contributed by atoms with van der Waals surface area (Å²) in [4.78, 5) is 12.0. The lowest BCUT2D eigenvalue weighted by molar-refractivity contribution is -0.112. The Morgan fingerprint density at radius 3 is 2.14 bits per heavy atom. The van der Waals surface area contributed by atoms with Gasteiger partial charge < -0.3 is 18.0 Å². The molecule has 0 atom stereocenters. The molecule has 0 radical (unpaired) electrons. The molecule has 0 spiro atoms. The number of hydrogen-bond acceptors (Lipinski definition) is 6. The normalized spacial score (nSPS) is 11.5. The molecule has 0 N–H and O–H groups in total. The molecule has 0 aliphatic rings. The van der Waals surface area contributed by atoms with Crippen molar-refractivity contribution >= 4 is 25.7 Å². The number of carbonyl (C=O) groups is 1. The first kappa shape index (κ1) is 25.2. The van der Waals surface area contributed by atoms with Crippen molar-refractivity contribution < 1.29 is 22.8 Å². The summed E-state index contributed by atoms with van der Waals surface area (Å²) in [5.74, 6) is 1.43. The van der Waals surface area contributed by atoms with Crippen LogP contribution in [0.5, 0.6) is 5.75 Å². The largest absolute Gasteiger partial charge is 0.500 e. The number of carbonyl (C=O) groups excluding carboxylic acids is 1. The predicted octanol–water partition coefficient (Wildman–Crippen LogP) is 5.32. The third-order valence-electron chi connectivity index (χ3n) is 3.99. The molecule has 0 saturated carbocycles. The van der Waals surface area contributed by atoms with E-state index in [1.807, 2.05) is 37.3 Å². The zero-order valence-electron chi connectivity index (χ0n) is 17.6. The Hall–Kier alpha value is -0.863. The second-order valence-corrected chi connectivity index (χ2v) is 10.3. The molecule has 0 unspecified atom stereocenters. The lowest BCUT2D eigenvalue weighted by Gasteiger charge is -2.29. The molecule has 0 aromatic heterocycles. The van der Waals surface area contributed by atoms with E-state index in [1.54, 1.807) is 0 Å². The first-order valence-electron chi connectivity index (χ1n) is 10.4. The van der Waals surface area contributed by atoms with Gasteiger partial charge in [0.25, 0.3) is 0 Å². The molecule has 1 rings (SSSR count). The Morgan fingerprint density at radius 1 is 0.929 bits per heavy atom. The topological polar surface area (TPSA) is 54.0 Å². The third kappa shape index (κ3) is 11.2. The summed E-state index contributed by atoms with van der Waals surface area (Å²) in [5.41, 5.74) is 0. The van der Waals surface area contributed by atoms with E-state index in [1.165, 1.54) is 11.8 Å². The van der Waals surface area contributed by atoms with E-state index in [2.05, 4.69) is 13.8 Å². The van der Waals surface area contributed by atoms with Gasteiger partial charge in [-0.05, 0) is 38.3 Å². The number of hydrogen-bond donors (Lipinski definition) is 0. The molecule has 0 fully saturated rings. The van der Waals surface area contributed by atoms with Gasteiger partial charge in [-0.25, -0.2) is 0 Å². The van der Waals surface area contributed by atoms with Gasteiger partial charge in [-0.1, -0.05) is 56.7 Å². The summed E-state index contributed by atoms with van der Waals surface area (Å²) in [6.07, 6.45) is 4.99. The standard InChI is InChI=1S/C21H36O5SSi/c1-4-7-15-25-28(24-6-3,26-16-8-5-2)18-12-17-27-21(22)19-23-20-13-10-9-11-14-20/h9-11,13-14H,4-8,12,15-19H2,1-3H3. The Balaban J connectivity index is 2.40. The fraction of sp³-hybridized carbons (Fsp3) is 0.667. The number of para-hydroxylation sites is 1. The molecule has 0 aliphatic carbocycles. The number of unbranched alkanes of at least 4 members (excludes halogenated alkanes) is 2. The van der Waals surface area contributed by atoms with Gasteiger partial charge in [0.05, 0.1) is 0 Å². The number of rotatable bonds is 17. The molecule has 0 saturated heterocycles. The third-order valence-corrected chi connectivity index (χ3v) is 7.91. The Morgan fingerprint density at radius 2 is 1.57 bits per heavy atom. The fourth-order valence-electron chi connectivity index (χ4n) is 2.48. The van der Waals surface area contributed by atoms with Gasteiger partial charge in [0, 0.05) is 31.6 Å². The quantitative estimate of drug-likeness (QED) is 0.247. The van der Waals surface area contributed by atoms with Gasteiger partial charge in [-0.3, -0.25) is 4.79 Å². The second-order valence-electron chi connectivity index (χ2n) is 6.45. The van der Waals surface area contributed by atoms with Crippen molar-refractivity contribution in [2.45, 2.75) is 58.9 Å². The maximum Gasteiger partial charge on any atom is 0.500 e. The molecule has 5 nitrogen and oxygen atoms in total. The molecule has 0 aliphatic heterocycles. The molecular weight excluding hydrogens is 392 g/mol. The molecular formula is C21H36O5SSi. The van der Waals surface area contributed by atoms with Crippen molar-refractivity contribution in [3.8, 4) is 5.75 Å². The van der Waals surface area contributed by atoms with Crippen LogP contribution in [0.15, 0.2) is 30.3 Å². The molecule has 28 heavy (non-hydrogen) atoms. The van der Waals surface area contributed by atoms with Gasteiger partial charge in [-0.2, -0.15) is 0 Å². The zero-order valence-corrected chi connectivity index (χ0v) is 19.4. The van der Waals surface area contributed by atoms with E-state index in [9.17, 15) is 4.79 Å². The van der Waals surface area contributed by atoms with Gasteiger partial charge in [0.15, 0.2) is 6.61 Å². The fourth-order valence-corrected chi connectivity index (χ4v) is 6.04. The van der Waals surface area contributed by atoms with Crippen molar-refractivity contribution in [3.05, 3.63) is 30.3 Å². The number of ether oxygens (including phenoxy) is 1. The van der Waals surface area contributed by atoms with Crippen LogP contribution < -0.4 is 4.74 Å². The SMILES string of the molecule is CCCCO[Si](CCCSC(=O)COc1ccccc1)(OCC)OCCCC. The van der Waals surface area contributed by atoms with E-state index in [4.69, 9.17) is 18.0 Å². The average molecular weight is 429 g/mol. The molecule has 0 heterocycles. The van der Waals surface area contributed by atoms with Crippen molar-refractivity contribution in [2.24, 2.45) is 0 Å². The highest BCUT2D eigenvalue weighted by molar-refractivity contribution is 8.13. The lowest BCUT2D eigenvalue weighted by atomic mass is 10.3. The molecule has 1 aromatic carbocycles. The van der Waals surface area contributed by atoms with Crippen molar-refractivity contribution in [1.29, 1.82) is 0 Å². The minimum Gasteiger partial charge on any atom is -0.485 e. The maximum absolute atomic E-state index is 12.0. The Bertz CT molecular complexity index is 505. The van der Waals surface area contributed by atoms with Crippen LogP contribution in [0.2, 0.25) is 6.04 Å². The van der Waals surface area contributed by atoms with Crippen LogP contribution in [-0.4, -0.2) is 46.1 Å². The van der Waals surface area contributed by atoms with Crippen molar-refractivity contribution in [2.75, 3.05) is 32.2 Å². The smallest absolute Gasteiger partial charge is 0.485 e. The van der Waals surface area contributed by atoms with Crippen LogP contribution in [0.1, 0.15) is 52.9 Å². The summed E-state index contributed by atoms with van der Waals surface area (Å²) in [6, 6.07) is 10.1. The van der Waals surface area contributed by atoms with Crippen LogP contribution in [0, 0.1) is 0 Å². The van der Waals surface area contributed by atoms with Crippen LogP contribution in [0.4, 0.5) is 0 Å². The number of thioether (sulfide) groups is 1. The lowest BCUT2D eigenvalue weighted by Crippen LogP contribution is -2.46. The van der Waals surface area contributed by atoms with E-state index in [0.29, 0.717) is 31.3 Å². The zero-order chi connectivity index (χ0) is 20.5. The molecule has 1 aromatic rings. The average Bonchev–Trinajstić information content (AvgIpc) is 2.71. The molecule has 0 amide bonds. The Labute approximate surface area is 175 Å². The van der Waals surface area contributed by atoms with Crippen molar-refractivity contribution in [1.82, 2.24) is 0 Å². The highest BCUT2D eigenvalue weighted by atomic mass is 32.2. The van der Waals surface area contributed by atoms with Crippen LogP contribution in [-0.2, 0) is 18.1 Å². The Kier molecular flexibility index (Phi) is 14.4. The molecule has 7 heteroatoms. The summed E-state index contributed by atoms with van der Waals surface area (Å²) >= 11 is 1.30. The summed E-state index contributed by atoms with van der Waals surface area (Å²) in [5, 5.41) is 0.0336. The van der Waals surface area contributed by atoms with Crippen LogP contribution in [0.25, 0.3) is 0 Å². The first-order valence-corrected chi connectivity index (χ1v) is 13.3. The minimum atomic E-state index is -2.67. The highest BCUT2D eigenvalue weighted by Gasteiger charge is 2.40. The van der Waals surface area contributed by atoms with Gasteiger partial charge in [0.1, 0.15) is 5.75 Å². The van der Waals surface area contributed by atoms with Crippen LogP contribution in [0.3, 0.4) is 0 Å². The summed E-state index contributed by atoms with van der Waals surface area (Å²) in [7, 11) is -2.67. The van der Waals surface area contributed by atoms with E-state index in [0.717, 1.165) is 38.1 Å². The van der Waals surface area contributed by atoms with Crippen LogP contribution >= 0.6 is 11.8 Å². The van der Waals surface area contributed by atoms with E-state index >= 15 is 0 Å². The number of benzene rings is 1. The summed E-state index contributed by atoms with van der Waals surface area (Å²) < 4.78 is 23.8. The minimum absolute atomic E-state index is 0.0336. The van der Waals surface area contributed by atoms with Gasteiger partial charge >= 0.3 is 8.80 Å².